The highest BCUT2D eigenvalue weighted by Gasteiger charge is 2.44. The van der Waals surface area contributed by atoms with Crippen molar-refractivity contribution in [2.24, 2.45) is 17.1 Å². The smallest absolute Gasteiger partial charge is 0.0869 e. The van der Waals surface area contributed by atoms with Crippen LogP contribution in [0, 0.1) is 11.3 Å². The van der Waals surface area contributed by atoms with Crippen molar-refractivity contribution in [3.05, 3.63) is 33.3 Å². The molecule has 1 aromatic rings. The summed E-state index contributed by atoms with van der Waals surface area (Å²) in [7, 11) is 0. The van der Waals surface area contributed by atoms with Gasteiger partial charge in [0.15, 0.2) is 0 Å². The van der Waals surface area contributed by atoms with E-state index in [0.29, 0.717) is 17.5 Å². The van der Waals surface area contributed by atoms with Gasteiger partial charge in [-0.3, -0.25) is 0 Å². The molecule has 2 rings (SSSR count). The van der Waals surface area contributed by atoms with Crippen molar-refractivity contribution in [1.29, 1.82) is 0 Å². The predicted octanol–water partition coefficient (Wildman–Crippen LogP) is 4.29. The van der Waals surface area contributed by atoms with E-state index in [9.17, 15) is 5.11 Å². The van der Waals surface area contributed by atoms with E-state index in [4.69, 9.17) is 17.3 Å². The van der Waals surface area contributed by atoms with Gasteiger partial charge in [-0.2, -0.15) is 0 Å². The zero-order chi connectivity index (χ0) is 14.0. The van der Waals surface area contributed by atoms with Gasteiger partial charge in [0.2, 0.25) is 0 Å². The third-order valence-corrected chi connectivity index (χ3v) is 5.52. The maximum absolute atomic E-state index is 10.8. The van der Waals surface area contributed by atoms with Gasteiger partial charge in [0.1, 0.15) is 0 Å². The van der Waals surface area contributed by atoms with Crippen molar-refractivity contribution < 1.29 is 5.11 Å². The summed E-state index contributed by atoms with van der Waals surface area (Å²) in [5, 5.41) is 11.5. The standard InChI is InChI=1S/C15H21BrClNO/c1-2-10-5-6-15(8-10,9-18)14(19)12-7-11(17)3-4-13(12)16/h3-4,7,10,14,19H,2,5-6,8-9,18H2,1H3. The summed E-state index contributed by atoms with van der Waals surface area (Å²) >= 11 is 9.55. The zero-order valence-electron chi connectivity index (χ0n) is 11.2. The second kappa shape index (κ2) is 6.13. The monoisotopic (exact) mass is 345 g/mol. The zero-order valence-corrected chi connectivity index (χ0v) is 13.5. The average molecular weight is 347 g/mol. The number of benzene rings is 1. The van der Waals surface area contributed by atoms with E-state index in [1.807, 2.05) is 18.2 Å². The Balaban J connectivity index is 2.31. The second-order valence-corrected chi connectivity index (χ2v) is 6.94. The van der Waals surface area contributed by atoms with Crippen LogP contribution in [0.1, 0.15) is 44.3 Å². The molecule has 1 aliphatic carbocycles. The first-order valence-electron chi connectivity index (χ1n) is 6.85. The summed E-state index contributed by atoms with van der Waals surface area (Å²) in [6, 6.07) is 5.55. The molecule has 4 heteroatoms. The number of rotatable bonds is 4. The van der Waals surface area contributed by atoms with Crippen molar-refractivity contribution in [1.82, 2.24) is 0 Å². The number of hydrogen-bond donors (Lipinski definition) is 2. The fraction of sp³-hybridized carbons (Fsp3) is 0.600. The van der Waals surface area contributed by atoms with E-state index in [2.05, 4.69) is 22.9 Å². The van der Waals surface area contributed by atoms with Crippen LogP contribution in [0.2, 0.25) is 5.02 Å². The molecule has 106 valence electrons. The van der Waals surface area contributed by atoms with Gasteiger partial charge < -0.3 is 10.8 Å². The summed E-state index contributed by atoms with van der Waals surface area (Å²) in [6.45, 7) is 2.72. The molecule has 3 unspecified atom stereocenters. The summed E-state index contributed by atoms with van der Waals surface area (Å²) in [5.74, 6) is 0.677. The van der Waals surface area contributed by atoms with E-state index in [1.165, 1.54) is 0 Å². The van der Waals surface area contributed by atoms with Crippen LogP contribution < -0.4 is 5.73 Å². The van der Waals surface area contributed by atoms with Gasteiger partial charge >= 0.3 is 0 Å². The van der Waals surface area contributed by atoms with E-state index in [1.54, 1.807) is 0 Å². The van der Waals surface area contributed by atoms with Gasteiger partial charge in [-0.05, 0) is 48.9 Å². The van der Waals surface area contributed by atoms with Gasteiger partial charge in [-0.25, -0.2) is 0 Å². The Morgan fingerprint density at radius 3 is 2.89 bits per heavy atom. The Morgan fingerprint density at radius 1 is 1.58 bits per heavy atom. The molecule has 1 saturated carbocycles. The molecule has 3 atom stereocenters. The van der Waals surface area contributed by atoms with Crippen LogP contribution in [0.4, 0.5) is 0 Å². The van der Waals surface area contributed by atoms with Gasteiger partial charge in [0.25, 0.3) is 0 Å². The van der Waals surface area contributed by atoms with Crippen molar-refractivity contribution in [3.8, 4) is 0 Å². The molecule has 3 N–H and O–H groups in total. The predicted molar refractivity (Wildman–Crippen MR) is 83.2 cm³/mol. The Bertz CT molecular complexity index is 454. The molecule has 19 heavy (non-hydrogen) atoms. The molecule has 1 fully saturated rings. The van der Waals surface area contributed by atoms with Crippen LogP contribution in [0.25, 0.3) is 0 Å². The third kappa shape index (κ3) is 2.99. The van der Waals surface area contributed by atoms with Crippen LogP contribution >= 0.6 is 27.5 Å². The van der Waals surface area contributed by atoms with Crippen LogP contribution in [0.5, 0.6) is 0 Å². The fourth-order valence-corrected chi connectivity index (χ4v) is 3.86. The molecule has 1 aromatic carbocycles. The summed E-state index contributed by atoms with van der Waals surface area (Å²) in [5.41, 5.74) is 6.66. The van der Waals surface area contributed by atoms with Gasteiger partial charge in [-0.1, -0.05) is 40.9 Å². The summed E-state index contributed by atoms with van der Waals surface area (Å²) < 4.78 is 0.900. The van der Waals surface area contributed by atoms with Crippen LogP contribution in [0.3, 0.4) is 0 Å². The molecule has 1 aliphatic rings. The molecule has 0 saturated heterocycles. The fourth-order valence-electron chi connectivity index (χ4n) is 3.22. The number of halogens is 2. The Morgan fingerprint density at radius 2 is 2.32 bits per heavy atom. The Labute approximate surface area is 128 Å². The molecule has 0 radical (unpaired) electrons. The van der Waals surface area contributed by atoms with Crippen molar-refractivity contribution in [2.75, 3.05) is 6.54 Å². The minimum absolute atomic E-state index is 0.201. The normalized spacial score (nSPS) is 28.6. The van der Waals surface area contributed by atoms with Crippen molar-refractivity contribution in [2.45, 2.75) is 38.7 Å². The number of aliphatic hydroxyl groups excluding tert-OH is 1. The van der Waals surface area contributed by atoms with Crippen LogP contribution in [-0.2, 0) is 0 Å². The third-order valence-electron chi connectivity index (χ3n) is 4.56. The minimum Gasteiger partial charge on any atom is -0.388 e. The highest BCUT2D eigenvalue weighted by Crippen LogP contribution is 2.51. The minimum atomic E-state index is -0.554. The lowest BCUT2D eigenvalue weighted by atomic mass is 9.76. The molecular formula is C15H21BrClNO. The SMILES string of the molecule is CCC1CCC(CN)(C(O)c2cc(Cl)ccc2Br)C1. The maximum atomic E-state index is 10.8. The number of aliphatic hydroxyl groups is 1. The Kier molecular flexibility index (Phi) is 4.93. The maximum Gasteiger partial charge on any atom is 0.0869 e. The quantitative estimate of drug-likeness (QED) is 0.854. The lowest BCUT2D eigenvalue weighted by molar-refractivity contribution is 0.0296. The summed E-state index contributed by atoms with van der Waals surface area (Å²) in [6.07, 6.45) is 3.75. The second-order valence-electron chi connectivity index (χ2n) is 5.65. The van der Waals surface area contributed by atoms with Gasteiger partial charge in [0.05, 0.1) is 6.10 Å². The first-order chi connectivity index (χ1) is 9.02. The number of nitrogens with two attached hydrogens (primary N) is 1. The van der Waals surface area contributed by atoms with Gasteiger partial charge in [-0.15, -0.1) is 0 Å². The molecule has 0 spiro atoms. The molecule has 0 bridgehead atoms. The van der Waals surface area contributed by atoms with E-state index < -0.39 is 6.10 Å². The highest BCUT2D eigenvalue weighted by atomic mass is 79.9. The molecular weight excluding hydrogens is 326 g/mol. The first-order valence-corrected chi connectivity index (χ1v) is 8.02. The molecule has 2 nitrogen and oxygen atoms in total. The lowest BCUT2D eigenvalue weighted by Crippen LogP contribution is -2.34. The molecule has 0 amide bonds. The average Bonchev–Trinajstić information content (AvgIpc) is 2.85. The van der Waals surface area contributed by atoms with E-state index in [-0.39, 0.29) is 5.41 Å². The first kappa shape index (κ1) is 15.3. The molecule has 0 aliphatic heterocycles. The van der Waals surface area contributed by atoms with Crippen LogP contribution in [-0.4, -0.2) is 11.7 Å². The number of hydrogen-bond acceptors (Lipinski definition) is 2. The van der Waals surface area contributed by atoms with Gasteiger partial charge in [0, 0.05) is 21.5 Å². The van der Waals surface area contributed by atoms with E-state index in [0.717, 1.165) is 35.7 Å². The highest BCUT2D eigenvalue weighted by molar-refractivity contribution is 9.10. The Hall–Kier alpha value is -0.0900. The van der Waals surface area contributed by atoms with E-state index >= 15 is 0 Å². The largest absolute Gasteiger partial charge is 0.388 e. The summed E-state index contributed by atoms with van der Waals surface area (Å²) in [4.78, 5) is 0. The van der Waals surface area contributed by atoms with Crippen molar-refractivity contribution >= 4 is 27.5 Å². The molecule has 0 heterocycles. The van der Waals surface area contributed by atoms with Crippen LogP contribution in [0.15, 0.2) is 22.7 Å². The van der Waals surface area contributed by atoms with Crippen molar-refractivity contribution in [3.63, 3.8) is 0 Å². The lowest BCUT2D eigenvalue weighted by Gasteiger charge is -2.34. The molecule has 0 aromatic heterocycles. The topological polar surface area (TPSA) is 46.2 Å².